The highest BCUT2D eigenvalue weighted by atomic mass is 16.2. The van der Waals surface area contributed by atoms with Crippen LogP contribution in [0.25, 0.3) is 0 Å². The number of nitrogens with one attached hydrogen (secondary N) is 2. The zero-order chi connectivity index (χ0) is 16.7. The molecule has 122 valence electrons. The topological polar surface area (TPSA) is 80.2 Å². The van der Waals surface area contributed by atoms with Crippen molar-refractivity contribution in [1.29, 1.82) is 0 Å². The fraction of sp³-hybridized carbons (Fsp3) is 0.562. The quantitative estimate of drug-likeness (QED) is 0.806. The predicted molar refractivity (Wildman–Crippen MR) is 86.9 cm³/mol. The van der Waals surface area contributed by atoms with Crippen molar-refractivity contribution in [2.24, 2.45) is 0 Å². The average Bonchev–Trinajstić information content (AvgIpc) is 2.46. The van der Waals surface area contributed by atoms with E-state index >= 15 is 0 Å². The Hall–Kier alpha value is -2.11. The van der Waals surface area contributed by atoms with Crippen LogP contribution >= 0.6 is 0 Å². The number of hydrogen-bond donors (Lipinski definition) is 2. The van der Waals surface area contributed by atoms with Gasteiger partial charge >= 0.3 is 0 Å². The second-order valence-electron chi connectivity index (χ2n) is 5.45. The van der Waals surface area contributed by atoms with Gasteiger partial charge in [-0.05, 0) is 38.8 Å². The molecule has 1 heterocycles. The summed E-state index contributed by atoms with van der Waals surface area (Å²) in [5.41, 5.74) is 0.530. The molecule has 0 bridgehead atoms. The molecule has 0 fully saturated rings. The van der Waals surface area contributed by atoms with E-state index in [1.807, 2.05) is 20.8 Å². The summed E-state index contributed by atoms with van der Waals surface area (Å²) in [6.07, 6.45) is 1.90. The van der Waals surface area contributed by atoms with E-state index in [1.54, 1.807) is 19.1 Å². The summed E-state index contributed by atoms with van der Waals surface area (Å²) in [5, 5.41) is 5.43. The van der Waals surface area contributed by atoms with Gasteiger partial charge in [0.2, 0.25) is 11.8 Å². The lowest BCUT2D eigenvalue weighted by Gasteiger charge is -2.15. The summed E-state index contributed by atoms with van der Waals surface area (Å²) in [6.45, 7) is 7.50. The second kappa shape index (κ2) is 8.36. The third-order valence-corrected chi connectivity index (χ3v) is 3.47. The number of aryl methyl sites for hydroxylation is 1. The number of aromatic nitrogens is 1. The molecule has 2 N–H and O–H groups in total. The van der Waals surface area contributed by atoms with E-state index in [2.05, 4.69) is 10.6 Å². The largest absolute Gasteiger partial charge is 0.352 e. The van der Waals surface area contributed by atoms with Crippen molar-refractivity contribution in [3.63, 3.8) is 0 Å². The van der Waals surface area contributed by atoms with Crippen molar-refractivity contribution >= 4 is 17.5 Å². The van der Waals surface area contributed by atoms with Crippen molar-refractivity contribution in [1.82, 2.24) is 9.88 Å². The lowest BCUT2D eigenvalue weighted by Crippen LogP contribution is -2.38. The molecule has 0 aliphatic heterocycles. The maximum atomic E-state index is 12.4. The number of hydrogen-bond acceptors (Lipinski definition) is 3. The van der Waals surface area contributed by atoms with Gasteiger partial charge < -0.3 is 15.2 Å². The fourth-order valence-electron chi connectivity index (χ4n) is 1.97. The van der Waals surface area contributed by atoms with E-state index in [4.69, 9.17) is 0 Å². The van der Waals surface area contributed by atoms with Gasteiger partial charge in [0.1, 0.15) is 12.2 Å². The third-order valence-electron chi connectivity index (χ3n) is 3.47. The molecular formula is C16H25N3O3. The van der Waals surface area contributed by atoms with Crippen LogP contribution in [0, 0.1) is 6.92 Å². The van der Waals surface area contributed by atoms with Crippen LogP contribution in [0.3, 0.4) is 0 Å². The van der Waals surface area contributed by atoms with Crippen molar-refractivity contribution < 1.29 is 9.59 Å². The zero-order valence-electron chi connectivity index (χ0n) is 13.7. The first-order chi connectivity index (χ1) is 10.4. The van der Waals surface area contributed by atoms with Gasteiger partial charge in [0.05, 0.1) is 0 Å². The van der Waals surface area contributed by atoms with Crippen LogP contribution in [0.15, 0.2) is 16.9 Å². The van der Waals surface area contributed by atoms with Crippen LogP contribution in [0.4, 0.5) is 5.69 Å². The lowest BCUT2D eigenvalue weighted by molar-refractivity contribution is -0.122. The summed E-state index contributed by atoms with van der Waals surface area (Å²) < 4.78 is 1.37. The van der Waals surface area contributed by atoms with Crippen molar-refractivity contribution in [3.05, 3.63) is 28.2 Å². The van der Waals surface area contributed by atoms with E-state index in [9.17, 15) is 14.4 Å². The van der Waals surface area contributed by atoms with Crippen molar-refractivity contribution in [2.75, 3.05) is 5.32 Å². The van der Waals surface area contributed by atoms with Gasteiger partial charge in [-0.2, -0.15) is 0 Å². The molecule has 22 heavy (non-hydrogen) atoms. The molecule has 0 aliphatic carbocycles. The van der Waals surface area contributed by atoms with Crippen LogP contribution in [-0.2, 0) is 16.1 Å². The molecule has 0 saturated heterocycles. The SMILES string of the molecule is CCCC(=O)Nc1ccc(C)n(CC(=O)N[C@@H](C)CC)c1=O. The Kier molecular flexibility index (Phi) is 6.82. The number of nitrogens with zero attached hydrogens (tertiary/aromatic N) is 1. The van der Waals surface area contributed by atoms with E-state index < -0.39 is 0 Å². The Morgan fingerprint density at radius 2 is 1.91 bits per heavy atom. The molecule has 6 heteroatoms. The number of carbonyl (C=O) groups is 2. The molecule has 0 unspecified atom stereocenters. The monoisotopic (exact) mass is 307 g/mol. The Morgan fingerprint density at radius 1 is 1.23 bits per heavy atom. The summed E-state index contributed by atoms with van der Waals surface area (Å²) in [7, 11) is 0. The van der Waals surface area contributed by atoms with Gasteiger partial charge in [-0.1, -0.05) is 13.8 Å². The summed E-state index contributed by atoms with van der Waals surface area (Å²) in [5.74, 6) is -0.407. The standard InChI is InChI=1S/C16H25N3O3/c1-5-7-14(20)18-13-9-8-12(4)19(16(13)22)10-15(21)17-11(3)6-2/h8-9,11H,5-7,10H2,1-4H3,(H,17,21)(H,18,20)/t11-/m0/s1. The van der Waals surface area contributed by atoms with Crippen molar-refractivity contribution in [2.45, 2.75) is 59.5 Å². The minimum absolute atomic E-state index is 0.0491. The van der Waals surface area contributed by atoms with Gasteiger partial charge in [-0.25, -0.2) is 0 Å². The molecule has 0 saturated carbocycles. The smallest absolute Gasteiger partial charge is 0.274 e. The molecule has 0 radical (unpaired) electrons. The van der Waals surface area contributed by atoms with Gasteiger partial charge in [0.15, 0.2) is 0 Å². The molecule has 0 spiro atoms. The Labute approximate surface area is 130 Å². The lowest BCUT2D eigenvalue weighted by atomic mass is 10.2. The van der Waals surface area contributed by atoms with Crippen LogP contribution < -0.4 is 16.2 Å². The van der Waals surface area contributed by atoms with E-state index in [0.717, 1.165) is 6.42 Å². The Bertz CT molecular complexity index is 593. The summed E-state index contributed by atoms with van der Waals surface area (Å²) in [6, 6.07) is 3.37. The Morgan fingerprint density at radius 3 is 2.50 bits per heavy atom. The van der Waals surface area contributed by atoms with E-state index in [0.29, 0.717) is 18.5 Å². The molecule has 1 aromatic rings. The first kappa shape index (κ1) is 17.9. The van der Waals surface area contributed by atoms with Crippen LogP contribution in [-0.4, -0.2) is 22.4 Å². The van der Waals surface area contributed by atoms with Crippen LogP contribution in [0.5, 0.6) is 0 Å². The predicted octanol–water partition coefficient (Wildman–Crippen LogP) is 1.81. The first-order valence-corrected chi connectivity index (χ1v) is 7.68. The van der Waals surface area contributed by atoms with Crippen molar-refractivity contribution in [3.8, 4) is 0 Å². The molecule has 0 aliphatic rings. The molecular weight excluding hydrogens is 282 g/mol. The third kappa shape index (κ3) is 5.02. The highest BCUT2D eigenvalue weighted by Gasteiger charge is 2.13. The number of pyridine rings is 1. The fourth-order valence-corrected chi connectivity index (χ4v) is 1.97. The maximum absolute atomic E-state index is 12.4. The van der Waals surface area contributed by atoms with Gasteiger partial charge in [-0.15, -0.1) is 0 Å². The molecule has 1 rings (SSSR count). The molecule has 0 aromatic carbocycles. The molecule has 1 atom stereocenters. The highest BCUT2D eigenvalue weighted by Crippen LogP contribution is 2.05. The summed E-state index contributed by atoms with van der Waals surface area (Å²) >= 11 is 0. The molecule has 1 aromatic heterocycles. The normalized spacial score (nSPS) is 11.8. The van der Waals surface area contributed by atoms with E-state index in [-0.39, 0.29) is 35.6 Å². The minimum Gasteiger partial charge on any atom is -0.352 e. The van der Waals surface area contributed by atoms with Gasteiger partial charge in [0, 0.05) is 18.2 Å². The first-order valence-electron chi connectivity index (χ1n) is 7.68. The highest BCUT2D eigenvalue weighted by molar-refractivity contribution is 5.90. The Balaban J connectivity index is 2.93. The minimum atomic E-state index is -0.358. The summed E-state index contributed by atoms with van der Waals surface area (Å²) in [4.78, 5) is 36.0. The van der Waals surface area contributed by atoms with Crippen LogP contribution in [0.2, 0.25) is 0 Å². The maximum Gasteiger partial charge on any atom is 0.274 e. The van der Waals surface area contributed by atoms with E-state index in [1.165, 1.54) is 4.57 Å². The second-order valence-corrected chi connectivity index (χ2v) is 5.45. The molecule has 6 nitrogen and oxygen atoms in total. The number of amides is 2. The van der Waals surface area contributed by atoms with Gasteiger partial charge in [0.25, 0.3) is 5.56 Å². The average molecular weight is 307 g/mol. The molecule has 2 amide bonds. The zero-order valence-corrected chi connectivity index (χ0v) is 13.7. The number of anilines is 1. The number of carbonyl (C=O) groups excluding carboxylic acids is 2. The number of rotatable bonds is 7. The van der Waals surface area contributed by atoms with Crippen LogP contribution in [0.1, 0.15) is 45.7 Å². The van der Waals surface area contributed by atoms with Gasteiger partial charge in [-0.3, -0.25) is 14.4 Å².